The summed E-state index contributed by atoms with van der Waals surface area (Å²) in [6, 6.07) is 5.92. The maximum absolute atomic E-state index is 8.92. The van der Waals surface area contributed by atoms with Crippen LogP contribution in [0.25, 0.3) is 10.9 Å². The Morgan fingerprint density at radius 2 is 2.29 bits per heavy atom. The van der Waals surface area contributed by atoms with Crippen LogP contribution in [-0.4, -0.2) is 46.2 Å². The second-order valence-electron chi connectivity index (χ2n) is 6.56. The predicted octanol–water partition coefficient (Wildman–Crippen LogP) is 1.95. The number of aliphatic hydroxyl groups excluding tert-OH is 1. The Bertz CT molecular complexity index is 806. The number of ether oxygens (including phenoxy) is 1. The van der Waals surface area contributed by atoms with Gasteiger partial charge < -0.3 is 15.2 Å². The fraction of sp³-hybridized carbons (Fsp3) is 0.471. The van der Waals surface area contributed by atoms with Crippen LogP contribution >= 0.6 is 0 Å². The molecule has 7 heteroatoms. The lowest BCUT2D eigenvalue weighted by atomic mass is 10.0. The van der Waals surface area contributed by atoms with E-state index in [0.29, 0.717) is 13.0 Å². The fourth-order valence-electron chi connectivity index (χ4n) is 2.86. The number of aromatic amines is 1. The van der Waals surface area contributed by atoms with E-state index in [1.807, 2.05) is 18.2 Å². The number of fused-ring (bicyclic) bond motifs is 1. The van der Waals surface area contributed by atoms with E-state index in [-0.39, 0.29) is 18.2 Å². The average molecular weight is 327 g/mol. The summed E-state index contributed by atoms with van der Waals surface area (Å²) in [5.41, 5.74) is 1.86. The normalized spacial score (nSPS) is 23.4. The van der Waals surface area contributed by atoms with E-state index in [1.54, 1.807) is 6.34 Å². The van der Waals surface area contributed by atoms with Gasteiger partial charge in [0.25, 0.3) is 0 Å². The lowest BCUT2D eigenvalue weighted by molar-refractivity contribution is 0.200. The van der Waals surface area contributed by atoms with Gasteiger partial charge in [0.05, 0.1) is 30.7 Å². The van der Waals surface area contributed by atoms with E-state index >= 15 is 0 Å². The zero-order valence-electron chi connectivity index (χ0n) is 13.6. The molecule has 1 aliphatic heterocycles. The van der Waals surface area contributed by atoms with Crippen LogP contribution in [0.4, 0.5) is 0 Å². The molecule has 1 aromatic carbocycles. The van der Waals surface area contributed by atoms with Crippen molar-refractivity contribution in [1.82, 2.24) is 15.5 Å². The number of H-pyrrole nitrogens is 1. The number of nitrogens with zero attached hydrogens (tertiary/aromatic N) is 3. The fourth-order valence-corrected chi connectivity index (χ4v) is 2.86. The molecule has 0 amide bonds. The first kappa shape index (κ1) is 15.1. The Morgan fingerprint density at radius 3 is 3.08 bits per heavy atom. The number of hydrogen-bond acceptors (Lipinski definition) is 5. The highest BCUT2D eigenvalue weighted by Gasteiger charge is 2.40. The van der Waals surface area contributed by atoms with E-state index < -0.39 is 0 Å². The molecule has 0 saturated heterocycles. The zero-order valence-corrected chi connectivity index (χ0v) is 13.6. The molecule has 1 fully saturated rings. The Hall–Kier alpha value is -2.41. The van der Waals surface area contributed by atoms with Crippen molar-refractivity contribution in [1.29, 1.82) is 0 Å². The second kappa shape index (κ2) is 5.90. The van der Waals surface area contributed by atoms with E-state index in [2.05, 4.69) is 32.4 Å². The van der Waals surface area contributed by atoms with Crippen molar-refractivity contribution in [2.24, 2.45) is 9.98 Å². The van der Waals surface area contributed by atoms with Gasteiger partial charge >= 0.3 is 0 Å². The number of rotatable bonds is 5. The van der Waals surface area contributed by atoms with E-state index in [4.69, 9.17) is 9.84 Å². The van der Waals surface area contributed by atoms with Crippen molar-refractivity contribution in [3.63, 3.8) is 0 Å². The van der Waals surface area contributed by atoms with Crippen LogP contribution in [0.5, 0.6) is 5.75 Å². The lowest BCUT2D eigenvalue weighted by Crippen LogP contribution is -2.29. The van der Waals surface area contributed by atoms with Gasteiger partial charge in [-0.05, 0) is 38.0 Å². The monoisotopic (exact) mass is 327 g/mol. The predicted molar refractivity (Wildman–Crippen MR) is 92.7 cm³/mol. The molecule has 1 saturated carbocycles. The molecule has 1 aliphatic carbocycles. The van der Waals surface area contributed by atoms with Gasteiger partial charge in [0.2, 0.25) is 0 Å². The Labute approximate surface area is 139 Å². The summed E-state index contributed by atoms with van der Waals surface area (Å²) in [7, 11) is 0. The molecular formula is C17H21N5O2. The number of hydrogen-bond donors (Lipinski definition) is 3. The zero-order chi connectivity index (χ0) is 16.6. The average Bonchev–Trinajstić information content (AvgIpc) is 3.17. The third kappa shape index (κ3) is 2.99. The molecule has 4 rings (SSSR count). The molecule has 2 aliphatic rings. The van der Waals surface area contributed by atoms with Crippen LogP contribution in [0.2, 0.25) is 0 Å². The highest BCUT2D eigenvalue weighted by Crippen LogP contribution is 2.40. The van der Waals surface area contributed by atoms with Gasteiger partial charge in [-0.2, -0.15) is 5.10 Å². The SMILES string of the molecule is CC1(Oc2ccc3n[nH]c(C4CC(=NCCO)NC=N4)c3c2)CC1. The van der Waals surface area contributed by atoms with Crippen molar-refractivity contribution in [3.05, 3.63) is 23.9 Å². The Morgan fingerprint density at radius 1 is 1.42 bits per heavy atom. The summed E-state index contributed by atoms with van der Waals surface area (Å²) in [5, 5.41) is 20.5. The number of aromatic nitrogens is 2. The summed E-state index contributed by atoms with van der Waals surface area (Å²) < 4.78 is 6.06. The van der Waals surface area contributed by atoms with Gasteiger partial charge in [0.15, 0.2) is 0 Å². The highest BCUT2D eigenvalue weighted by molar-refractivity contribution is 5.95. The molecule has 2 aromatic rings. The summed E-state index contributed by atoms with van der Waals surface area (Å²) in [4.78, 5) is 8.83. The summed E-state index contributed by atoms with van der Waals surface area (Å²) in [5.74, 6) is 1.70. The largest absolute Gasteiger partial charge is 0.488 e. The van der Waals surface area contributed by atoms with E-state index in [9.17, 15) is 0 Å². The number of amidine groups is 1. The third-order valence-electron chi connectivity index (χ3n) is 4.48. The van der Waals surface area contributed by atoms with Gasteiger partial charge in [-0.3, -0.25) is 15.1 Å². The number of benzene rings is 1. The standard InChI is InChI=1S/C17H21N5O2/c1-17(4-5-17)24-11-2-3-13-12(8-11)16(22-21-13)14-9-15(18-6-7-23)20-10-19-14/h2-3,8,10,14,23H,4-7,9H2,1H3,(H,21,22)(H,18,19,20). The van der Waals surface area contributed by atoms with Crippen LogP contribution in [0.15, 0.2) is 28.2 Å². The highest BCUT2D eigenvalue weighted by atomic mass is 16.5. The lowest BCUT2D eigenvalue weighted by Gasteiger charge is -2.18. The summed E-state index contributed by atoms with van der Waals surface area (Å²) in [6.45, 7) is 2.57. The molecule has 126 valence electrons. The third-order valence-corrected chi connectivity index (χ3v) is 4.48. The Balaban J connectivity index is 1.62. The van der Waals surface area contributed by atoms with Crippen LogP contribution in [0.1, 0.15) is 37.9 Å². The quantitative estimate of drug-likeness (QED) is 0.782. The van der Waals surface area contributed by atoms with Crippen molar-refractivity contribution >= 4 is 23.1 Å². The first-order valence-corrected chi connectivity index (χ1v) is 8.26. The van der Waals surface area contributed by atoms with Crippen LogP contribution in [0, 0.1) is 0 Å². The van der Waals surface area contributed by atoms with E-state index in [1.165, 1.54) is 0 Å². The molecule has 1 unspecified atom stereocenters. The number of nitrogens with one attached hydrogen (secondary N) is 2. The van der Waals surface area contributed by atoms with Crippen molar-refractivity contribution in [2.75, 3.05) is 13.2 Å². The van der Waals surface area contributed by atoms with Crippen molar-refractivity contribution < 1.29 is 9.84 Å². The van der Waals surface area contributed by atoms with Crippen LogP contribution in [0.3, 0.4) is 0 Å². The first-order valence-electron chi connectivity index (χ1n) is 8.26. The summed E-state index contributed by atoms with van der Waals surface area (Å²) >= 11 is 0. The molecule has 1 atom stereocenters. The smallest absolute Gasteiger partial charge is 0.120 e. The van der Waals surface area contributed by atoms with Gasteiger partial charge in [-0.15, -0.1) is 0 Å². The first-order chi connectivity index (χ1) is 11.7. The number of aliphatic hydroxyl groups is 1. The minimum absolute atomic E-state index is 0.00535. The molecule has 7 nitrogen and oxygen atoms in total. The number of aliphatic imine (C=N–C) groups is 2. The van der Waals surface area contributed by atoms with Crippen molar-refractivity contribution in [2.45, 2.75) is 37.8 Å². The molecule has 24 heavy (non-hydrogen) atoms. The van der Waals surface area contributed by atoms with Gasteiger partial charge in [0, 0.05) is 11.8 Å². The molecule has 0 bridgehead atoms. The second-order valence-corrected chi connectivity index (χ2v) is 6.56. The molecule has 3 N–H and O–H groups in total. The molecule has 1 aromatic heterocycles. The minimum atomic E-state index is -0.0690. The summed E-state index contributed by atoms with van der Waals surface area (Å²) in [6.07, 6.45) is 4.51. The van der Waals surface area contributed by atoms with Crippen molar-refractivity contribution in [3.8, 4) is 5.75 Å². The molecule has 2 heterocycles. The van der Waals surface area contributed by atoms with E-state index in [0.717, 1.165) is 41.0 Å². The van der Waals surface area contributed by atoms with Gasteiger partial charge in [-0.25, -0.2) is 0 Å². The molecule has 0 radical (unpaired) electrons. The molecular weight excluding hydrogens is 306 g/mol. The van der Waals surface area contributed by atoms with Crippen LogP contribution in [-0.2, 0) is 0 Å². The maximum Gasteiger partial charge on any atom is 0.120 e. The Kier molecular flexibility index (Phi) is 3.72. The topological polar surface area (TPSA) is 94.9 Å². The molecule has 0 spiro atoms. The van der Waals surface area contributed by atoms with Gasteiger partial charge in [-0.1, -0.05) is 0 Å². The maximum atomic E-state index is 8.92. The van der Waals surface area contributed by atoms with Gasteiger partial charge in [0.1, 0.15) is 23.2 Å². The minimum Gasteiger partial charge on any atom is -0.488 e. The van der Waals surface area contributed by atoms with Crippen LogP contribution < -0.4 is 10.1 Å².